The van der Waals surface area contributed by atoms with Gasteiger partial charge in [0, 0.05) is 118 Å². The van der Waals surface area contributed by atoms with Gasteiger partial charge in [0.15, 0.2) is 0 Å². The van der Waals surface area contributed by atoms with Crippen molar-refractivity contribution in [1.82, 2.24) is 65.6 Å². The van der Waals surface area contributed by atoms with Crippen molar-refractivity contribution in [2.75, 3.05) is 83.2 Å². The number of rotatable bonds is 28. The van der Waals surface area contributed by atoms with Gasteiger partial charge >= 0.3 is 0 Å². The van der Waals surface area contributed by atoms with E-state index < -0.39 is 23.7 Å². The fourth-order valence-electron chi connectivity index (χ4n) is 7.81. The molecule has 3 unspecified atom stereocenters. The minimum Gasteiger partial charge on any atom is -0.399 e. The van der Waals surface area contributed by atoms with Crippen LogP contribution in [0.5, 0.6) is 0 Å². The largest absolute Gasteiger partial charge is 0.399 e. The van der Waals surface area contributed by atoms with Crippen LogP contribution in [0.4, 0.5) is 0 Å². The van der Waals surface area contributed by atoms with E-state index in [0.29, 0.717) is 88.6 Å². The minimum atomic E-state index is -3.83. The Hall–Kier alpha value is -5.50. The van der Waals surface area contributed by atoms with Gasteiger partial charge in [0.2, 0.25) is 25.1 Å². The topological polar surface area (TPSA) is 291 Å². The molecule has 0 bridgehead atoms. The second kappa shape index (κ2) is 30.0. The molecule has 3 atom stereocenters. The van der Waals surface area contributed by atoms with E-state index in [4.69, 9.17) is 11.6 Å². The summed E-state index contributed by atoms with van der Waals surface area (Å²) in [5, 5.41) is 26.5. The summed E-state index contributed by atoms with van der Waals surface area (Å²) < 4.78 is 17.1. The van der Waals surface area contributed by atoms with Gasteiger partial charge in [-0.05, 0) is 16.7 Å². The molecule has 3 aromatic carbocycles. The highest BCUT2D eigenvalue weighted by atomic mass is 31.2. The van der Waals surface area contributed by atoms with Crippen molar-refractivity contribution >= 4 is 41.4 Å². The predicted octanol–water partition coefficient (Wildman–Crippen LogP) is 2.20. The number of nitrogens with two attached hydrogens (primary N) is 2. The smallest absolute Gasteiger partial charge is 0.220 e. The molecule has 394 valence electrons. The number of amides is 3. The molecule has 3 amide bonds. The lowest BCUT2D eigenvalue weighted by molar-refractivity contribution is -0.121. The molecule has 10 N–H and O–H groups in total. The predicted molar refractivity (Wildman–Crippen MR) is 282 cm³/mol. The molecule has 6 rings (SSSR count). The first kappa shape index (κ1) is 56.8. The maximum atomic E-state index is 13.7. The van der Waals surface area contributed by atoms with Gasteiger partial charge in [0.05, 0.1) is 57.9 Å². The van der Waals surface area contributed by atoms with Crippen molar-refractivity contribution < 1.29 is 33.6 Å². The molecule has 0 radical (unpaired) electrons. The Morgan fingerprint density at radius 1 is 0.644 bits per heavy atom. The van der Waals surface area contributed by atoms with Crippen molar-refractivity contribution in [1.29, 1.82) is 0 Å². The molecule has 1 aliphatic heterocycles. The van der Waals surface area contributed by atoms with Gasteiger partial charge in [-0.25, -0.2) is 15.2 Å². The Bertz CT molecular complexity index is 2530. The third kappa shape index (κ3) is 22.3. The molecule has 0 aliphatic carbocycles. The quantitative estimate of drug-likeness (QED) is 0.0202. The highest BCUT2D eigenvalue weighted by Crippen LogP contribution is 2.42. The molecular formula is C48H70N15O7P3. The molecular weight excluding hydrogens is 992 g/mol. The van der Waals surface area contributed by atoms with Crippen molar-refractivity contribution in [3.63, 3.8) is 0 Å². The Balaban J connectivity index is 0.971. The van der Waals surface area contributed by atoms with Crippen molar-refractivity contribution in [2.24, 2.45) is 11.6 Å². The second-order valence-electron chi connectivity index (χ2n) is 18.0. The third-order valence-electron chi connectivity index (χ3n) is 11.7. The maximum Gasteiger partial charge on any atom is 0.220 e. The van der Waals surface area contributed by atoms with E-state index in [1.165, 1.54) is 5.01 Å². The van der Waals surface area contributed by atoms with E-state index in [1.807, 2.05) is 95.9 Å². The molecule has 22 nitrogen and oxygen atoms in total. The van der Waals surface area contributed by atoms with Crippen LogP contribution in [0, 0.1) is 0 Å². The van der Waals surface area contributed by atoms with Crippen LogP contribution in [0.15, 0.2) is 115 Å². The van der Waals surface area contributed by atoms with E-state index in [9.17, 15) is 33.6 Å². The van der Waals surface area contributed by atoms with Gasteiger partial charge in [0.25, 0.3) is 0 Å². The van der Waals surface area contributed by atoms with Crippen molar-refractivity contribution in [3.05, 3.63) is 143 Å². The van der Waals surface area contributed by atoms with E-state index >= 15 is 0 Å². The van der Waals surface area contributed by atoms with Gasteiger partial charge in [-0.15, -0.1) is 10.2 Å². The molecule has 5 aromatic rings. The van der Waals surface area contributed by atoms with Crippen LogP contribution in [0.1, 0.15) is 47.3 Å². The molecule has 1 saturated heterocycles. The van der Waals surface area contributed by atoms with Crippen LogP contribution in [-0.2, 0) is 51.7 Å². The fourth-order valence-corrected chi connectivity index (χ4v) is 12.1. The summed E-state index contributed by atoms with van der Waals surface area (Å²) in [5.74, 6) is 5.23. The second-order valence-corrected chi connectivity index (χ2v) is 23.9. The SMILES string of the molecule is N/C(=C\N(N)Cc1ccccc1)CNC(=O)CCP(O)CN1CCN(CP(O)CCC(=O)NCc2cn(Cc3ccccc3)nn2)CCN(CP(=O)(O)CCC(=O)NCc2cn(Cc3ccccc3)nn2)CC1. The molecule has 2 aromatic heterocycles. The first-order valence-corrected chi connectivity index (χ1v) is 29.6. The summed E-state index contributed by atoms with van der Waals surface area (Å²) >= 11 is 0. The Kier molecular flexibility index (Phi) is 23.3. The van der Waals surface area contributed by atoms with Crippen LogP contribution >= 0.6 is 23.7 Å². The lowest BCUT2D eigenvalue weighted by Crippen LogP contribution is -2.37. The molecule has 25 heteroatoms. The van der Waals surface area contributed by atoms with E-state index in [2.05, 4.69) is 46.4 Å². The van der Waals surface area contributed by atoms with E-state index in [-0.39, 0.29) is 81.4 Å². The number of nitrogens with zero attached hydrogens (tertiary/aromatic N) is 10. The van der Waals surface area contributed by atoms with E-state index in [0.717, 1.165) is 16.7 Å². The number of hydrogen-bond donors (Lipinski definition) is 8. The van der Waals surface area contributed by atoms with Gasteiger partial charge in [-0.3, -0.25) is 33.6 Å². The summed E-state index contributed by atoms with van der Waals surface area (Å²) in [6.45, 7) is 4.82. The molecule has 1 fully saturated rings. The highest BCUT2D eigenvalue weighted by molar-refractivity contribution is 7.57. The molecule has 1 aliphatic rings. The molecule has 0 saturated carbocycles. The molecule has 73 heavy (non-hydrogen) atoms. The average molecular weight is 1060 g/mol. The molecule has 0 spiro atoms. The summed E-state index contributed by atoms with van der Waals surface area (Å²) in [6.07, 6.45) is 5.94. The Morgan fingerprint density at radius 2 is 1.07 bits per heavy atom. The van der Waals surface area contributed by atoms with Gasteiger partial charge in [-0.1, -0.05) is 101 Å². The van der Waals surface area contributed by atoms with Gasteiger partial charge < -0.3 is 41.4 Å². The van der Waals surface area contributed by atoms with Crippen LogP contribution < -0.4 is 27.5 Å². The number of hydrogen-bond acceptors (Lipinski definition) is 16. The molecule has 3 heterocycles. The Morgan fingerprint density at radius 3 is 1.55 bits per heavy atom. The average Bonchev–Trinajstić information content (AvgIpc) is 4.05. The zero-order valence-electron chi connectivity index (χ0n) is 41.2. The number of carbonyl (C=O) groups is 3. The summed E-state index contributed by atoms with van der Waals surface area (Å²) in [4.78, 5) is 78.2. The van der Waals surface area contributed by atoms with Crippen molar-refractivity contribution in [2.45, 2.75) is 52.0 Å². The standard InChI is InChI=1S/C48H70N15O7P3/c49-43(34-61(50)31-40-10-4-1-5-11-40)28-51-46(64)16-25-71(67)37-58-19-20-59(38-72(68)26-17-47(65)52-29-44-35-62(56-54-44)32-41-12-6-2-7-13-41)22-24-60(23-21-58)39-73(69,70)27-18-48(66)53-30-45-36-63(57-55-45)33-42-14-8-3-9-15-42/h1-15,34-36,67-68H,16-33,37-39,49-50H2,(H,51,64)(H,52,65)(H,53,66)(H,69,70)/b43-34-. The first-order valence-electron chi connectivity index (χ1n) is 24.2. The highest BCUT2D eigenvalue weighted by Gasteiger charge is 2.27. The fraction of sp³-hybridized carbons (Fsp3) is 0.438. The number of hydrazine groups is 1. The summed E-state index contributed by atoms with van der Waals surface area (Å²) in [6, 6.07) is 29.3. The number of aromatic nitrogens is 6. The normalized spacial score (nSPS) is 15.8. The van der Waals surface area contributed by atoms with Crippen LogP contribution in [-0.4, -0.2) is 165 Å². The van der Waals surface area contributed by atoms with Crippen LogP contribution in [0.2, 0.25) is 0 Å². The zero-order chi connectivity index (χ0) is 51.8. The van der Waals surface area contributed by atoms with Gasteiger partial charge in [0.1, 0.15) is 11.4 Å². The number of carbonyl (C=O) groups excluding carboxylic acids is 3. The van der Waals surface area contributed by atoms with Crippen LogP contribution in [0.3, 0.4) is 0 Å². The minimum absolute atomic E-state index is 0.0877. The van der Waals surface area contributed by atoms with Crippen molar-refractivity contribution in [3.8, 4) is 0 Å². The maximum absolute atomic E-state index is 13.7. The lowest BCUT2D eigenvalue weighted by Gasteiger charge is -2.28. The van der Waals surface area contributed by atoms with Gasteiger partial charge in [-0.2, -0.15) is 0 Å². The van der Waals surface area contributed by atoms with Crippen LogP contribution in [0.25, 0.3) is 0 Å². The van der Waals surface area contributed by atoms with E-state index in [1.54, 1.807) is 28.0 Å². The first-order chi connectivity index (χ1) is 35.2. The number of benzene rings is 3. The third-order valence-corrected chi connectivity index (χ3v) is 16.4. The Labute approximate surface area is 429 Å². The summed E-state index contributed by atoms with van der Waals surface area (Å²) in [7, 11) is -7.01. The summed E-state index contributed by atoms with van der Waals surface area (Å²) in [5.41, 5.74) is 10.8. The number of nitrogens with one attached hydrogen (secondary N) is 3. The lowest BCUT2D eigenvalue weighted by atomic mass is 10.2. The zero-order valence-corrected chi connectivity index (χ0v) is 43.9. The monoisotopic (exact) mass is 1060 g/mol.